The fraction of sp³-hybridized carbons (Fsp3) is 0.824. The van der Waals surface area contributed by atoms with Gasteiger partial charge < -0.3 is 0 Å². The van der Waals surface area contributed by atoms with Crippen LogP contribution >= 0.6 is 15.8 Å². The molecular weight excluding hydrogens is 482 g/mol. The molecule has 0 saturated carbocycles. The summed E-state index contributed by atoms with van der Waals surface area (Å²) >= 11 is 0. The van der Waals surface area contributed by atoms with E-state index >= 15 is 0 Å². The van der Waals surface area contributed by atoms with Crippen molar-refractivity contribution >= 4 is 27.2 Å². The number of hydrogen-bond donors (Lipinski definition) is 0. The van der Waals surface area contributed by atoms with Crippen LogP contribution in [0.1, 0.15) is 51.9 Å². The molecule has 0 aromatic rings. The number of hydrogen-bond acceptors (Lipinski definition) is 7. The number of ketones is 1. The molecule has 0 N–H and O–H groups in total. The molecule has 3 aliphatic rings. The Labute approximate surface area is 184 Å². The molecule has 0 radical (unpaired) electrons. The Morgan fingerprint density at radius 1 is 0.875 bits per heavy atom. The molecule has 0 spiro atoms. The third-order valence-electron chi connectivity index (χ3n) is 5.29. The van der Waals surface area contributed by atoms with Gasteiger partial charge in [0, 0.05) is 45.7 Å². The van der Waals surface area contributed by atoms with Crippen LogP contribution < -0.4 is 0 Å². The molecule has 0 aromatic heterocycles. The van der Waals surface area contributed by atoms with Gasteiger partial charge in [0.15, 0.2) is 5.78 Å². The maximum atomic E-state index is 12.0. The molecule has 0 amide bonds. The fourth-order valence-corrected chi connectivity index (χ4v) is 7.96. The van der Waals surface area contributed by atoms with Crippen molar-refractivity contribution < 1.29 is 34.6 Å². The van der Waals surface area contributed by atoms with Crippen molar-refractivity contribution in [3.8, 4) is 6.07 Å². The van der Waals surface area contributed by atoms with E-state index in [0.29, 0.717) is 0 Å². The van der Waals surface area contributed by atoms with Gasteiger partial charge >= 0.3 is 40.9 Å². The van der Waals surface area contributed by atoms with Gasteiger partial charge in [0.25, 0.3) is 0 Å². The molecule has 0 bridgehead atoms. The van der Waals surface area contributed by atoms with Crippen molar-refractivity contribution in [2.24, 2.45) is 5.16 Å². The molecule has 32 heavy (non-hydrogen) atoms. The first kappa shape index (κ1) is 27.2. The SMILES string of the molecule is CCC(=O)/C(C#N)=N/O[P+](N1CCCC1)(N1CCCC1)N1CCCC1.F[P-](F)(F)(F)(F)F. The number of rotatable bonds is 7. The van der Waals surface area contributed by atoms with Gasteiger partial charge in [-0.2, -0.15) is 9.89 Å². The predicted molar refractivity (Wildman–Crippen MR) is 112 cm³/mol. The van der Waals surface area contributed by atoms with Crippen LogP contribution in [0, 0.1) is 11.3 Å². The van der Waals surface area contributed by atoms with E-state index in [1.807, 2.05) is 6.07 Å². The molecule has 186 valence electrons. The number of carbonyl (C=O) groups is 1. The van der Waals surface area contributed by atoms with Crippen LogP contribution in [0.4, 0.5) is 25.2 Å². The average Bonchev–Trinajstić information content (AvgIpc) is 3.45. The topological polar surface area (TPSA) is 72.2 Å². The average molecular weight is 511 g/mol. The Balaban J connectivity index is 0.000000451. The van der Waals surface area contributed by atoms with Gasteiger partial charge in [-0.3, -0.25) is 4.79 Å². The summed E-state index contributed by atoms with van der Waals surface area (Å²) in [6.07, 6.45) is 7.33. The Hall–Kier alpha value is -1.05. The number of carbonyl (C=O) groups excluding carboxylic acids is 1. The maximum absolute atomic E-state index is 12.0. The summed E-state index contributed by atoms with van der Waals surface area (Å²) in [5, 5.41) is 13.5. The Morgan fingerprint density at radius 3 is 1.44 bits per heavy atom. The zero-order valence-electron chi connectivity index (χ0n) is 17.9. The van der Waals surface area contributed by atoms with Crippen molar-refractivity contribution in [1.82, 2.24) is 14.0 Å². The summed E-state index contributed by atoms with van der Waals surface area (Å²) in [6.45, 7) is 7.83. The standard InChI is InChI=1S/C17H29N5O2P.F6P/c1-2-17(23)16(15-18)19-24-25(20-9-3-4-10-20,21-11-5-6-12-21)22-13-7-8-14-22;1-7(2,3,4,5)6/h2-14H2,1H3;/q+1;-1/b19-16+;. The van der Waals surface area contributed by atoms with E-state index in [0.717, 1.165) is 39.3 Å². The van der Waals surface area contributed by atoms with Gasteiger partial charge in [-0.15, -0.1) is 14.0 Å². The number of oxime groups is 1. The molecule has 3 aliphatic heterocycles. The first-order chi connectivity index (χ1) is 14.7. The van der Waals surface area contributed by atoms with Crippen LogP contribution in [0.25, 0.3) is 0 Å². The first-order valence-corrected chi connectivity index (χ1v) is 14.2. The van der Waals surface area contributed by atoms with E-state index in [1.54, 1.807) is 6.92 Å². The van der Waals surface area contributed by atoms with Gasteiger partial charge in [0.1, 0.15) is 6.07 Å². The Bertz CT molecular complexity index is 688. The molecule has 3 rings (SSSR count). The Kier molecular flexibility index (Phi) is 8.22. The molecule has 7 nitrogen and oxygen atoms in total. The number of halogens is 6. The van der Waals surface area contributed by atoms with Gasteiger partial charge in [-0.25, -0.2) is 0 Å². The van der Waals surface area contributed by atoms with Gasteiger partial charge in [-0.1, -0.05) is 6.92 Å². The van der Waals surface area contributed by atoms with Gasteiger partial charge in [0.05, 0.1) is 0 Å². The third kappa shape index (κ3) is 8.38. The Morgan fingerprint density at radius 2 is 1.19 bits per heavy atom. The van der Waals surface area contributed by atoms with E-state index in [1.165, 1.54) is 38.5 Å². The zero-order chi connectivity index (χ0) is 24.1. The second-order valence-electron chi connectivity index (χ2n) is 7.86. The van der Waals surface area contributed by atoms with Crippen LogP contribution in [0.2, 0.25) is 0 Å². The first-order valence-electron chi connectivity index (χ1n) is 10.6. The van der Waals surface area contributed by atoms with E-state index in [4.69, 9.17) is 4.62 Å². The van der Waals surface area contributed by atoms with Crippen LogP contribution in [0.3, 0.4) is 0 Å². The summed E-state index contributed by atoms with van der Waals surface area (Å²) in [6, 6.07) is 1.93. The molecule has 3 heterocycles. The zero-order valence-corrected chi connectivity index (χ0v) is 19.7. The molecule has 0 aliphatic carbocycles. The quantitative estimate of drug-likeness (QED) is 0.175. The predicted octanol–water partition coefficient (Wildman–Crippen LogP) is 6.21. The third-order valence-corrected chi connectivity index (χ3v) is 9.00. The monoisotopic (exact) mass is 511 g/mol. The van der Waals surface area contributed by atoms with Crippen LogP contribution in [0.15, 0.2) is 5.16 Å². The summed E-state index contributed by atoms with van der Waals surface area (Å²) in [4.78, 5) is 12.0. The van der Waals surface area contributed by atoms with Crippen LogP contribution in [-0.4, -0.2) is 64.8 Å². The van der Waals surface area contributed by atoms with E-state index < -0.39 is 15.8 Å². The molecule has 0 atom stereocenters. The van der Waals surface area contributed by atoms with Gasteiger partial charge in [0.2, 0.25) is 5.71 Å². The minimum atomic E-state index is -10.7. The number of nitrogens with zero attached hydrogens (tertiary/aromatic N) is 5. The summed E-state index contributed by atoms with van der Waals surface area (Å²) < 4.78 is 72.9. The minimum absolute atomic E-state index is 0.0931. The van der Waals surface area contributed by atoms with Crippen molar-refractivity contribution in [1.29, 1.82) is 5.26 Å². The van der Waals surface area contributed by atoms with E-state index in [9.17, 15) is 35.2 Å². The molecule has 15 heteroatoms. The summed E-state index contributed by atoms with van der Waals surface area (Å²) in [5.74, 6) is -0.245. The number of Topliss-reactive ketones (excluding diaryl/α,β-unsaturated/α-hetero) is 1. The molecule has 0 aromatic carbocycles. The number of nitriles is 1. The van der Waals surface area contributed by atoms with Gasteiger partial charge in [-0.05, 0) is 43.7 Å². The van der Waals surface area contributed by atoms with Crippen LogP contribution in [-0.2, 0) is 9.42 Å². The van der Waals surface area contributed by atoms with E-state index in [2.05, 4.69) is 19.2 Å². The molecule has 3 saturated heterocycles. The molecular formula is C17H29F6N5O2P2. The molecule has 0 unspecified atom stereocenters. The van der Waals surface area contributed by atoms with E-state index in [-0.39, 0.29) is 17.9 Å². The second-order valence-corrected chi connectivity index (χ2v) is 12.7. The van der Waals surface area contributed by atoms with Crippen molar-refractivity contribution in [2.75, 3.05) is 39.3 Å². The van der Waals surface area contributed by atoms with Crippen molar-refractivity contribution in [3.05, 3.63) is 0 Å². The van der Waals surface area contributed by atoms with Crippen LogP contribution in [0.5, 0.6) is 0 Å². The summed E-state index contributed by atoms with van der Waals surface area (Å²) in [5.41, 5.74) is -0.0931. The van der Waals surface area contributed by atoms with Crippen molar-refractivity contribution in [2.45, 2.75) is 51.9 Å². The summed E-state index contributed by atoms with van der Waals surface area (Å²) in [7, 11) is -12.9. The normalized spacial score (nSPS) is 23.8. The fourth-order valence-electron chi connectivity index (χ4n) is 3.97. The second kappa shape index (κ2) is 9.67. The van der Waals surface area contributed by atoms with Crippen molar-refractivity contribution in [3.63, 3.8) is 0 Å². The molecule has 3 fully saturated rings.